The highest BCUT2D eigenvalue weighted by Crippen LogP contribution is 2.38. The molecule has 0 saturated carbocycles. The van der Waals surface area contributed by atoms with E-state index in [1.807, 2.05) is 43.3 Å². The summed E-state index contributed by atoms with van der Waals surface area (Å²) in [6.07, 6.45) is 0. The minimum absolute atomic E-state index is 0.0575. The quantitative estimate of drug-likeness (QED) is 0.863. The van der Waals surface area contributed by atoms with Crippen molar-refractivity contribution in [1.29, 1.82) is 0 Å². The zero-order chi connectivity index (χ0) is 14.3. The van der Waals surface area contributed by atoms with E-state index in [1.54, 1.807) is 17.0 Å². The summed E-state index contributed by atoms with van der Waals surface area (Å²) in [5.41, 5.74) is 9.04. The summed E-state index contributed by atoms with van der Waals surface area (Å²) in [4.78, 5) is 13.8. The molecule has 1 heterocycles. The van der Waals surface area contributed by atoms with Crippen LogP contribution in [0.5, 0.6) is 0 Å². The fourth-order valence-corrected chi connectivity index (χ4v) is 2.65. The van der Waals surface area contributed by atoms with Crippen molar-refractivity contribution in [2.75, 3.05) is 4.90 Å². The van der Waals surface area contributed by atoms with Crippen molar-refractivity contribution in [3.05, 3.63) is 64.7 Å². The highest BCUT2D eigenvalue weighted by molar-refractivity contribution is 6.30. The Morgan fingerprint density at radius 1 is 1.05 bits per heavy atom. The second-order valence-corrected chi connectivity index (χ2v) is 5.50. The molecule has 1 amide bonds. The van der Waals surface area contributed by atoms with Crippen LogP contribution < -0.4 is 10.6 Å². The van der Waals surface area contributed by atoms with Gasteiger partial charge in [0.2, 0.25) is 5.91 Å². The van der Waals surface area contributed by atoms with E-state index in [9.17, 15) is 4.79 Å². The Balaban J connectivity index is 1.95. The summed E-state index contributed by atoms with van der Waals surface area (Å²) in [6, 6.07) is 14.8. The van der Waals surface area contributed by atoms with Crippen LogP contribution in [-0.4, -0.2) is 11.9 Å². The number of amides is 1. The largest absolute Gasteiger partial charge is 0.318 e. The molecule has 2 aromatic carbocycles. The zero-order valence-corrected chi connectivity index (χ0v) is 11.8. The molecule has 0 spiro atoms. The van der Waals surface area contributed by atoms with Gasteiger partial charge in [-0.25, -0.2) is 0 Å². The highest BCUT2D eigenvalue weighted by Gasteiger charge is 2.46. The van der Waals surface area contributed by atoms with Gasteiger partial charge in [0.1, 0.15) is 6.04 Å². The molecule has 1 aliphatic heterocycles. The van der Waals surface area contributed by atoms with Crippen LogP contribution in [0.25, 0.3) is 0 Å². The number of rotatable bonds is 2. The molecule has 1 saturated heterocycles. The normalized spacial score (nSPS) is 21.8. The molecule has 20 heavy (non-hydrogen) atoms. The molecular weight excluding hydrogens is 272 g/mol. The molecule has 0 aliphatic carbocycles. The van der Waals surface area contributed by atoms with Crippen molar-refractivity contribution in [2.45, 2.75) is 19.0 Å². The number of benzene rings is 2. The number of nitrogens with zero attached hydrogens (tertiary/aromatic N) is 1. The molecule has 3 rings (SSSR count). The lowest BCUT2D eigenvalue weighted by Crippen LogP contribution is -2.63. The molecule has 3 nitrogen and oxygen atoms in total. The Morgan fingerprint density at radius 2 is 1.65 bits per heavy atom. The minimum atomic E-state index is -0.478. The van der Waals surface area contributed by atoms with Crippen LogP contribution in [0, 0.1) is 6.92 Å². The van der Waals surface area contributed by atoms with Gasteiger partial charge in [-0.3, -0.25) is 4.79 Å². The molecule has 4 heteroatoms. The zero-order valence-electron chi connectivity index (χ0n) is 11.1. The van der Waals surface area contributed by atoms with Crippen LogP contribution in [0.3, 0.4) is 0 Å². The SMILES string of the molecule is Cc1ccc([C@H]2[C@@H](N)C(=O)N2c2ccc(Cl)cc2)cc1. The van der Waals surface area contributed by atoms with E-state index >= 15 is 0 Å². The van der Waals surface area contributed by atoms with Gasteiger partial charge in [-0.05, 0) is 36.8 Å². The number of β-lactam (4-membered cyclic amide) rings is 1. The molecule has 0 radical (unpaired) electrons. The summed E-state index contributed by atoms with van der Waals surface area (Å²) >= 11 is 5.89. The maximum Gasteiger partial charge on any atom is 0.247 e. The fourth-order valence-electron chi connectivity index (χ4n) is 2.52. The standard InChI is InChI=1S/C16H15ClN2O/c1-10-2-4-11(5-3-10)15-14(18)16(20)19(15)13-8-6-12(17)7-9-13/h2-9,14-15H,18H2,1H3/t14-,15+/m1/s1. The number of halogens is 1. The predicted molar refractivity (Wildman–Crippen MR) is 80.8 cm³/mol. The summed E-state index contributed by atoms with van der Waals surface area (Å²) in [7, 11) is 0. The molecule has 0 aromatic heterocycles. The van der Waals surface area contributed by atoms with Crippen LogP contribution in [0.4, 0.5) is 5.69 Å². The van der Waals surface area contributed by atoms with E-state index in [-0.39, 0.29) is 11.9 Å². The van der Waals surface area contributed by atoms with Crippen LogP contribution >= 0.6 is 11.6 Å². The second kappa shape index (κ2) is 4.93. The molecule has 0 unspecified atom stereocenters. The van der Waals surface area contributed by atoms with Gasteiger partial charge in [0.25, 0.3) is 0 Å². The number of carbonyl (C=O) groups is 1. The van der Waals surface area contributed by atoms with Crippen molar-refractivity contribution in [3.8, 4) is 0 Å². The average molecular weight is 287 g/mol. The number of carbonyl (C=O) groups excluding carboxylic acids is 1. The van der Waals surface area contributed by atoms with Crippen LogP contribution in [0.15, 0.2) is 48.5 Å². The lowest BCUT2D eigenvalue weighted by Gasteiger charge is -2.45. The average Bonchev–Trinajstić information content (AvgIpc) is 2.46. The van der Waals surface area contributed by atoms with Gasteiger partial charge < -0.3 is 10.6 Å². The maximum atomic E-state index is 12.1. The lowest BCUT2D eigenvalue weighted by molar-refractivity contribution is -0.126. The number of hydrogen-bond donors (Lipinski definition) is 1. The molecule has 2 aromatic rings. The topological polar surface area (TPSA) is 46.3 Å². The third-order valence-electron chi connectivity index (χ3n) is 3.66. The van der Waals surface area contributed by atoms with Gasteiger partial charge in [-0.1, -0.05) is 41.4 Å². The van der Waals surface area contributed by atoms with E-state index in [4.69, 9.17) is 17.3 Å². The van der Waals surface area contributed by atoms with Crippen molar-refractivity contribution < 1.29 is 4.79 Å². The van der Waals surface area contributed by atoms with Crippen molar-refractivity contribution in [3.63, 3.8) is 0 Å². The van der Waals surface area contributed by atoms with Crippen LogP contribution in [0.1, 0.15) is 17.2 Å². The third-order valence-corrected chi connectivity index (χ3v) is 3.92. The van der Waals surface area contributed by atoms with E-state index in [1.165, 1.54) is 5.56 Å². The second-order valence-electron chi connectivity index (χ2n) is 5.07. The Hall–Kier alpha value is -1.84. The number of aryl methyl sites for hydroxylation is 1. The van der Waals surface area contributed by atoms with Gasteiger partial charge >= 0.3 is 0 Å². The Kier molecular flexibility index (Phi) is 3.24. The van der Waals surface area contributed by atoms with Crippen molar-refractivity contribution in [2.24, 2.45) is 5.73 Å². The van der Waals surface area contributed by atoms with Crippen molar-refractivity contribution >= 4 is 23.2 Å². The van der Waals surface area contributed by atoms with Gasteiger partial charge in [0.15, 0.2) is 0 Å². The van der Waals surface area contributed by atoms with Gasteiger partial charge in [-0.2, -0.15) is 0 Å². The van der Waals surface area contributed by atoms with Crippen molar-refractivity contribution in [1.82, 2.24) is 0 Å². The van der Waals surface area contributed by atoms with Gasteiger partial charge in [-0.15, -0.1) is 0 Å². The smallest absolute Gasteiger partial charge is 0.247 e. The molecule has 2 N–H and O–H groups in total. The number of hydrogen-bond acceptors (Lipinski definition) is 2. The first-order chi connectivity index (χ1) is 9.58. The highest BCUT2D eigenvalue weighted by atomic mass is 35.5. The Labute approximate surface area is 123 Å². The number of anilines is 1. The van der Waals surface area contributed by atoms with Crippen LogP contribution in [0.2, 0.25) is 5.02 Å². The first-order valence-corrected chi connectivity index (χ1v) is 6.86. The van der Waals surface area contributed by atoms with E-state index in [0.29, 0.717) is 5.02 Å². The first kappa shape index (κ1) is 13.2. The third kappa shape index (κ3) is 2.09. The minimum Gasteiger partial charge on any atom is -0.318 e. The summed E-state index contributed by atoms with van der Waals surface area (Å²) in [6.45, 7) is 2.03. The van der Waals surface area contributed by atoms with Crippen LogP contribution in [-0.2, 0) is 4.79 Å². The Bertz CT molecular complexity index is 637. The van der Waals surface area contributed by atoms with E-state index in [0.717, 1.165) is 11.3 Å². The van der Waals surface area contributed by atoms with E-state index < -0.39 is 6.04 Å². The monoisotopic (exact) mass is 286 g/mol. The molecular formula is C16H15ClN2O. The summed E-state index contributed by atoms with van der Waals surface area (Å²) in [5, 5.41) is 0.651. The fraction of sp³-hybridized carbons (Fsp3) is 0.188. The molecule has 1 aliphatic rings. The molecule has 1 fully saturated rings. The van der Waals surface area contributed by atoms with Gasteiger partial charge in [0.05, 0.1) is 6.04 Å². The van der Waals surface area contributed by atoms with Gasteiger partial charge in [0, 0.05) is 10.7 Å². The Morgan fingerprint density at radius 3 is 2.25 bits per heavy atom. The van der Waals surface area contributed by atoms with E-state index in [2.05, 4.69) is 0 Å². The molecule has 2 atom stereocenters. The number of nitrogens with two attached hydrogens (primary N) is 1. The molecule has 102 valence electrons. The predicted octanol–water partition coefficient (Wildman–Crippen LogP) is 3.06. The first-order valence-electron chi connectivity index (χ1n) is 6.49. The summed E-state index contributed by atoms with van der Waals surface area (Å²) < 4.78 is 0. The maximum absolute atomic E-state index is 12.1. The lowest BCUT2D eigenvalue weighted by atomic mass is 9.88. The summed E-state index contributed by atoms with van der Waals surface area (Å²) in [5.74, 6) is -0.0575. The molecule has 0 bridgehead atoms.